The Hall–Kier alpha value is -1.34. The maximum Gasteiger partial charge on any atom is 0.245 e. The lowest BCUT2D eigenvalue weighted by atomic mass is 10.1. The maximum absolute atomic E-state index is 12.1. The highest BCUT2D eigenvalue weighted by molar-refractivity contribution is 9.10. The van der Waals surface area contributed by atoms with Crippen molar-refractivity contribution in [2.24, 2.45) is 0 Å². The number of hydrogen-bond acceptors (Lipinski definition) is 5. The minimum Gasteiger partial charge on any atom is -0.396 e. The Morgan fingerprint density at radius 1 is 1.68 bits per heavy atom. The van der Waals surface area contributed by atoms with Gasteiger partial charge in [0.2, 0.25) is 5.91 Å². The van der Waals surface area contributed by atoms with Gasteiger partial charge in [-0.25, -0.2) is 0 Å². The predicted molar refractivity (Wildman–Crippen MR) is 77.0 cm³/mol. The smallest absolute Gasteiger partial charge is 0.245 e. The average Bonchev–Trinajstić information content (AvgIpc) is 2.39. The molecule has 0 aliphatic carbocycles. The number of amides is 1. The van der Waals surface area contributed by atoms with Crippen molar-refractivity contribution in [3.05, 3.63) is 16.9 Å². The fraction of sp³-hybridized carbons (Fsp3) is 0.500. The minimum atomic E-state index is -0.366. The van der Waals surface area contributed by atoms with E-state index in [0.717, 1.165) is 10.2 Å². The third kappa shape index (κ3) is 2.98. The van der Waals surface area contributed by atoms with Crippen LogP contribution in [0.2, 0.25) is 0 Å². The molecule has 1 saturated heterocycles. The zero-order valence-electron chi connectivity index (χ0n) is 10.7. The van der Waals surface area contributed by atoms with Crippen molar-refractivity contribution in [2.45, 2.75) is 13.0 Å². The van der Waals surface area contributed by atoms with Crippen LogP contribution in [0.1, 0.15) is 6.92 Å². The largest absolute Gasteiger partial charge is 0.396 e. The van der Waals surface area contributed by atoms with Crippen LogP contribution in [0.4, 0.5) is 11.4 Å². The zero-order valence-corrected chi connectivity index (χ0v) is 12.3. The number of nitrogens with two attached hydrogens (primary N) is 1. The Bertz CT molecular complexity index is 449. The summed E-state index contributed by atoms with van der Waals surface area (Å²) in [5.74, 6) is -0.0506. The summed E-state index contributed by atoms with van der Waals surface area (Å²) in [6.07, 6.45) is 3.26. The summed E-state index contributed by atoms with van der Waals surface area (Å²) in [7, 11) is 0. The van der Waals surface area contributed by atoms with E-state index in [-0.39, 0.29) is 11.9 Å². The molecule has 0 radical (unpaired) electrons. The van der Waals surface area contributed by atoms with Crippen molar-refractivity contribution in [1.29, 1.82) is 0 Å². The summed E-state index contributed by atoms with van der Waals surface area (Å²) in [5.41, 5.74) is 7.33. The first-order valence-electron chi connectivity index (χ1n) is 6.16. The molecule has 0 saturated carbocycles. The number of morpholine rings is 1. The van der Waals surface area contributed by atoms with Crippen LogP contribution in [0.15, 0.2) is 16.9 Å². The van der Waals surface area contributed by atoms with Crippen LogP contribution in [0.3, 0.4) is 0 Å². The number of ether oxygens (including phenoxy) is 1. The molecule has 19 heavy (non-hydrogen) atoms. The van der Waals surface area contributed by atoms with Gasteiger partial charge in [0, 0.05) is 19.3 Å². The molecule has 7 heteroatoms. The fourth-order valence-electron chi connectivity index (χ4n) is 2.13. The number of pyridine rings is 1. The topological polar surface area (TPSA) is 80.5 Å². The molecule has 2 heterocycles. The van der Waals surface area contributed by atoms with Gasteiger partial charge in [-0.1, -0.05) is 0 Å². The minimum absolute atomic E-state index is 0.0506. The molecular formula is C12H17BrN4O2. The van der Waals surface area contributed by atoms with Crippen LogP contribution < -0.4 is 16.0 Å². The number of anilines is 2. The van der Waals surface area contributed by atoms with E-state index < -0.39 is 0 Å². The van der Waals surface area contributed by atoms with Crippen molar-refractivity contribution in [1.82, 2.24) is 10.3 Å². The molecule has 2 rings (SSSR count). The van der Waals surface area contributed by atoms with Crippen molar-refractivity contribution in [3.8, 4) is 0 Å². The lowest BCUT2D eigenvalue weighted by Gasteiger charge is -2.37. The molecule has 1 aromatic rings. The number of rotatable bonds is 3. The zero-order chi connectivity index (χ0) is 13.8. The Morgan fingerprint density at radius 3 is 3.16 bits per heavy atom. The highest BCUT2D eigenvalue weighted by Crippen LogP contribution is 2.33. The van der Waals surface area contributed by atoms with Gasteiger partial charge >= 0.3 is 0 Å². The molecule has 1 atom stereocenters. The highest BCUT2D eigenvalue weighted by Gasteiger charge is 2.31. The Kier molecular flexibility index (Phi) is 4.60. The lowest BCUT2D eigenvalue weighted by molar-refractivity contribution is -0.124. The summed E-state index contributed by atoms with van der Waals surface area (Å²) in [6, 6.07) is -0.366. The molecule has 1 aliphatic heterocycles. The van der Waals surface area contributed by atoms with Gasteiger partial charge in [-0.15, -0.1) is 0 Å². The number of carbonyl (C=O) groups is 1. The number of nitrogens with one attached hydrogen (secondary N) is 1. The number of hydrogen-bond donors (Lipinski definition) is 2. The van der Waals surface area contributed by atoms with Crippen LogP contribution in [-0.2, 0) is 9.53 Å². The molecule has 0 aromatic carbocycles. The number of likely N-dealkylation sites (N-methyl/N-ethyl adjacent to an activating group) is 1. The van der Waals surface area contributed by atoms with Crippen molar-refractivity contribution < 1.29 is 9.53 Å². The lowest BCUT2D eigenvalue weighted by Crippen LogP contribution is -2.54. The molecule has 1 fully saturated rings. The quantitative estimate of drug-likeness (QED) is 0.856. The first-order chi connectivity index (χ1) is 9.15. The van der Waals surface area contributed by atoms with Gasteiger partial charge in [-0.3, -0.25) is 9.78 Å². The van der Waals surface area contributed by atoms with Crippen LogP contribution in [0, 0.1) is 0 Å². The molecule has 1 aromatic heterocycles. The molecule has 0 bridgehead atoms. The predicted octanol–water partition coefficient (Wildman–Crippen LogP) is 0.768. The number of aromatic nitrogens is 1. The number of halogens is 1. The third-order valence-corrected chi connectivity index (χ3v) is 3.55. The van der Waals surface area contributed by atoms with Gasteiger partial charge in [0.1, 0.15) is 6.04 Å². The van der Waals surface area contributed by atoms with Gasteiger partial charge in [-0.05, 0) is 22.9 Å². The Balaban J connectivity index is 2.31. The second-order valence-corrected chi connectivity index (χ2v) is 5.09. The van der Waals surface area contributed by atoms with Gasteiger partial charge in [0.25, 0.3) is 0 Å². The van der Waals surface area contributed by atoms with E-state index >= 15 is 0 Å². The monoisotopic (exact) mass is 328 g/mol. The van der Waals surface area contributed by atoms with Gasteiger partial charge in [-0.2, -0.15) is 0 Å². The first-order valence-corrected chi connectivity index (χ1v) is 6.95. The van der Waals surface area contributed by atoms with E-state index in [1.165, 1.54) is 0 Å². The van der Waals surface area contributed by atoms with Gasteiger partial charge < -0.3 is 20.7 Å². The molecule has 6 nitrogen and oxygen atoms in total. The first kappa shape index (κ1) is 14.1. The highest BCUT2D eigenvalue weighted by atomic mass is 79.9. The molecule has 3 N–H and O–H groups in total. The Labute approximate surface area is 120 Å². The fourth-order valence-corrected chi connectivity index (χ4v) is 2.70. The molecule has 1 amide bonds. The number of nitrogen functional groups attached to an aromatic ring is 1. The summed E-state index contributed by atoms with van der Waals surface area (Å²) in [6.45, 7) is 4.04. The summed E-state index contributed by atoms with van der Waals surface area (Å²) >= 11 is 3.44. The number of carbonyl (C=O) groups excluding carboxylic acids is 1. The normalized spacial score (nSPS) is 19.3. The molecule has 1 aliphatic rings. The molecule has 104 valence electrons. The molecule has 0 spiro atoms. The summed E-state index contributed by atoms with van der Waals surface area (Å²) < 4.78 is 6.19. The summed E-state index contributed by atoms with van der Waals surface area (Å²) in [5, 5.41) is 2.82. The van der Waals surface area contributed by atoms with Gasteiger partial charge in [0.05, 0.1) is 35.3 Å². The number of nitrogens with zero attached hydrogens (tertiary/aromatic N) is 2. The average molecular weight is 329 g/mol. The second-order valence-electron chi connectivity index (χ2n) is 4.24. The van der Waals surface area contributed by atoms with E-state index in [1.807, 2.05) is 11.8 Å². The Morgan fingerprint density at radius 2 is 2.47 bits per heavy atom. The second kappa shape index (κ2) is 6.21. The SMILES string of the molecule is CCNC(=O)C1COCCN1c1c(N)cncc1Br. The van der Waals surface area contributed by atoms with Gasteiger partial charge in [0.15, 0.2) is 0 Å². The van der Waals surface area contributed by atoms with Crippen LogP contribution in [-0.4, -0.2) is 43.2 Å². The maximum atomic E-state index is 12.1. The molecule has 1 unspecified atom stereocenters. The van der Waals surface area contributed by atoms with Crippen LogP contribution in [0.25, 0.3) is 0 Å². The van der Waals surface area contributed by atoms with Crippen molar-refractivity contribution in [3.63, 3.8) is 0 Å². The third-order valence-electron chi connectivity index (χ3n) is 2.97. The van der Waals surface area contributed by atoms with E-state index in [2.05, 4.69) is 26.2 Å². The van der Waals surface area contributed by atoms with Crippen LogP contribution in [0.5, 0.6) is 0 Å². The van der Waals surface area contributed by atoms with Crippen LogP contribution >= 0.6 is 15.9 Å². The van der Waals surface area contributed by atoms with E-state index in [4.69, 9.17) is 10.5 Å². The molecular weight excluding hydrogens is 312 g/mol. The van der Waals surface area contributed by atoms with E-state index in [1.54, 1.807) is 12.4 Å². The van der Waals surface area contributed by atoms with E-state index in [0.29, 0.717) is 32.0 Å². The van der Waals surface area contributed by atoms with Crippen molar-refractivity contribution >= 4 is 33.2 Å². The van der Waals surface area contributed by atoms with Crippen molar-refractivity contribution in [2.75, 3.05) is 36.9 Å². The summed E-state index contributed by atoms with van der Waals surface area (Å²) in [4.78, 5) is 18.1. The standard InChI is InChI=1S/C12H17BrN4O2/c1-2-16-12(18)10-7-19-4-3-17(10)11-8(13)5-15-6-9(11)14/h5-6,10H,2-4,7,14H2,1H3,(H,16,18). The van der Waals surface area contributed by atoms with E-state index in [9.17, 15) is 4.79 Å².